The van der Waals surface area contributed by atoms with Crippen LogP contribution in [0, 0.1) is 5.92 Å². The molecule has 0 saturated carbocycles. The Morgan fingerprint density at radius 3 is 2.41 bits per heavy atom. The maximum absolute atomic E-state index is 12.9. The van der Waals surface area contributed by atoms with E-state index in [9.17, 15) is 13.2 Å². The number of nitrogens with zero attached hydrogens (tertiary/aromatic N) is 2. The second-order valence-corrected chi connectivity index (χ2v) is 11.9. The molecule has 34 heavy (non-hydrogen) atoms. The third-order valence-corrected chi connectivity index (χ3v) is 8.78. The third kappa shape index (κ3) is 7.04. The van der Waals surface area contributed by atoms with Gasteiger partial charge < -0.3 is 5.32 Å². The number of benzene rings is 2. The minimum Gasteiger partial charge on any atom is -0.352 e. The number of sulfonamides is 1. The Kier molecular flexibility index (Phi) is 8.64. The van der Waals surface area contributed by atoms with E-state index in [4.69, 9.17) is 11.6 Å². The van der Waals surface area contributed by atoms with Crippen LogP contribution in [0.1, 0.15) is 48.8 Å². The molecular weight excluding hydrogens is 470 g/mol. The van der Waals surface area contributed by atoms with Crippen molar-refractivity contribution in [1.82, 2.24) is 14.5 Å². The van der Waals surface area contributed by atoms with Gasteiger partial charge in [-0.05, 0) is 67.6 Å². The Hall–Kier alpha value is -1.93. The van der Waals surface area contributed by atoms with E-state index in [1.54, 1.807) is 24.3 Å². The first kappa shape index (κ1) is 25.2. The second-order valence-electron chi connectivity index (χ2n) is 9.45. The third-order valence-electron chi connectivity index (χ3n) is 6.73. The Morgan fingerprint density at radius 2 is 1.68 bits per heavy atom. The van der Waals surface area contributed by atoms with Crippen LogP contribution >= 0.6 is 11.6 Å². The molecule has 1 amide bonds. The molecule has 2 heterocycles. The highest BCUT2D eigenvalue weighted by Crippen LogP contribution is 2.23. The molecule has 0 spiro atoms. The summed E-state index contributed by atoms with van der Waals surface area (Å²) in [5.74, 6) is -0.521. The molecule has 8 heteroatoms. The van der Waals surface area contributed by atoms with Crippen molar-refractivity contribution < 1.29 is 13.2 Å². The first-order valence-corrected chi connectivity index (χ1v) is 14.2. The van der Waals surface area contributed by atoms with Crippen LogP contribution in [0.4, 0.5) is 0 Å². The first-order valence-electron chi connectivity index (χ1n) is 12.2. The number of likely N-dealkylation sites (tertiary alicyclic amines) is 1. The normalized spacial score (nSPS) is 20.2. The molecule has 2 saturated heterocycles. The van der Waals surface area contributed by atoms with Crippen LogP contribution in [-0.4, -0.2) is 49.7 Å². The van der Waals surface area contributed by atoms with Crippen molar-refractivity contribution in [3.05, 3.63) is 70.2 Å². The molecular formula is C26H34ClN3O3S. The summed E-state index contributed by atoms with van der Waals surface area (Å²) in [5.41, 5.74) is 3.00. The van der Waals surface area contributed by atoms with Gasteiger partial charge in [-0.2, -0.15) is 0 Å². The summed E-state index contributed by atoms with van der Waals surface area (Å²) >= 11 is 6.00. The van der Waals surface area contributed by atoms with Crippen LogP contribution in [0.2, 0.25) is 5.02 Å². The number of rotatable bonds is 8. The van der Waals surface area contributed by atoms with Crippen LogP contribution < -0.4 is 5.32 Å². The lowest BCUT2D eigenvalue weighted by Gasteiger charge is -2.31. The van der Waals surface area contributed by atoms with Gasteiger partial charge in [0.2, 0.25) is 15.9 Å². The summed E-state index contributed by atoms with van der Waals surface area (Å²) in [4.78, 5) is 15.3. The van der Waals surface area contributed by atoms with Gasteiger partial charge in [-0.15, -0.1) is 0 Å². The molecule has 2 fully saturated rings. The maximum Gasteiger partial charge on any atom is 0.224 e. The second kappa shape index (κ2) is 11.7. The molecule has 1 N–H and O–H groups in total. The van der Waals surface area contributed by atoms with Crippen LogP contribution in [0.25, 0.3) is 0 Å². The average Bonchev–Trinajstić information content (AvgIpc) is 2.84. The summed E-state index contributed by atoms with van der Waals surface area (Å²) in [6.45, 7) is 4.45. The van der Waals surface area contributed by atoms with Gasteiger partial charge in [0, 0.05) is 31.2 Å². The fourth-order valence-electron chi connectivity index (χ4n) is 4.81. The first-order chi connectivity index (χ1) is 16.4. The predicted molar refractivity (Wildman–Crippen MR) is 136 cm³/mol. The molecule has 2 aliphatic heterocycles. The van der Waals surface area contributed by atoms with E-state index in [0.29, 0.717) is 36.5 Å². The van der Waals surface area contributed by atoms with Gasteiger partial charge in [-0.3, -0.25) is 9.69 Å². The van der Waals surface area contributed by atoms with Gasteiger partial charge in [-0.25, -0.2) is 12.7 Å². The Morgan fingerprint density at radius 1 is 0.941 bits per heavy atom. The number of carbonyl (C=O) groups excluding carboxylic acids is 1. The maximum atomic E-state index is 12.9. The van der Waals surface area contributed by atoms with Crippen molar-refractivity contribution in [2.45, 2.75) is 50.9 Å². The molecule has 2 aliphatic rings. The zero-order chi connectivity index (χ0) is 24.0. The van der Waals surface area contributed by atoms with Crippen LogP contribution in [0.15, 0.2) is 48.5 Å². The van der Waals surface area contributed by atoms with Crippen molar-refractivity contribution in [2.75, 3.05) is 26.2 Å². The van der Waals surface area contributed by atoms with Crippen molar-refractivity contribution in [2.24, 2.45) is 5.92 Å². The molecule has 184 valence electrons. The van der Waals surface area contributed by atoms with Crippen LogP contribution in [0.3, 0.4) is 0 Å². The Balaban J connectivity index is 1.27. The van der Waals surface area contributed by atoms with Crippen molar-refractivity contribution in [3.63, 3.8) is 0 Å². The van der Waals surface area contributed by atoms with E-state index in [2.05, 4.69) is 34.5 Å². The minimum absolute atomic E-state index is 0.0833. The number of hydrogen-bond donors (Lipinski definition) is 1. The highest BCUT2D eigenvalue weighted by molar-refractivity contribution is 7.88. The molecule has 0 bridgehead atoms. The van der Waals surface area contributed by atoms with E-state index in [0.717, 1.165) is 12.1 Å². The molecule has 0 aromatic heterocycles. The Bertz CT molecular complexity index is 1070. The van der Waals surface area contributed by atoms with Gasteiger partial charge in [0.15, 0.2) is 0 Å². The van der Waals surface area contributed by atoms with E-state index < -0.39 is 10.0 Å². The molecule has 0 radical (unpaired) electrons. The highest BCUT2D eigenvalue weighted by Gasteiger charge is 2.32. The van der Waals surface area contributed by atoms with Crippen LogP contribution in [-0.2, 0) is 33.7 Å². The highest BCUT2D eigenvalue weighted by atomic mass is 35.5. The van der Waals surface area contributed by atoms with E-state index >= 15 is 0 Å². The average molecular weight is 504 g/mol. The van der Waals surface area contributed by atoms with Crippen molar-refractivity contribution in [1.29, 1.82) is 0 Å². The molecule has 2 aromatic rings. The fraction of sp³-hybridized carbons (Fsp3) is 0.500. The van der Waals surface area contributed by atoms with Gasteiger partial charge in [0.05, 0.1) is 11.7 Å². The van der Waals surface area contributed by atoms with Gasteiger partial charge >= 0.3 is 0 Å². The number of nitrogens with one attached hydrogen (secondary N) is 1. The zero-order valence-electron chi connectivity index (χ0n) is 19.6. The number of hydrogen-bond acceptors (Lipinski definition) is 4. The largest absolute Gasteiger partial charge is 0.352 e. The smallest absolute Gasteiger partial charge is 0.224 e. The summed E-state index contributed by atoms with van der Waals surface area (Å²) in [5, 5.41) is 3.53. The summed E-state index contributed by atoms with van der Waals surface area (Å²) in [7, 11) is -3.51. The quantitative estimate of drug-likeness (QED) is 0.586. The predicted octanol–water partition coefficient (Wildman–Crippen LogP) is 4.18. The number of piperidine rings is 2. The molecule has 4 rings (SSSR count). The monoisotopic (exact) mass is 503 g/mol. The molecule has 1 atom stereocenters. The fourth-order valence-corrected chi connectivity index (χ4v) is 6.62. The lowest BCUT2D eigenvalue weighted by Crippen LogP contribution is -2.45. The van der Waals surface area contributed by atoms with Gasteiger partial charge in [-0.1, -0.05) is 54.4 Å². The topological polar surface area (TPSA) is 69.7 Å². The van der Waals surface area contributed by atoms with E-state index in [1.165, 1.54) is 42.2 Å². The van der Waals surface area contributed by atoms with E-state index in [-0.39, 0.29) is 24.1 Å². The summed E-state index contributed by atoms with van der Waals surface area (Å²) < 4.78 is 27.3. The Labute approximate surface area is 208 Å². The zero-order valence-corrected chi connectivity index (χ0v) is 21.2. The minimum atomic E-state index is -3.51. The molecule has 0 aliphatic carbocycles. The lowest BCUT2D eigenvalue weighted by molar-refractivity contribution is -0.126. The number of halogens is 1. The van der Waals surface area contributed by atoms with Gasteiger partial charge in [0.1, 0.15) is 0 Å². The SMILES string of the molecule is O=C(NCc1ccc(CN2CCCCC2)cc1)[C@H]1CCCN(S(=O)(=O)Cc2cccc(Cl)c2)C1. The van der Waals surface area contributed by atoms with Crippen LogP contribution in [0.5, 0.6) is 0 Å². The summed E-state index contributed by atoms with van der Waals surface area (Å²) in [6.07, 6.45) is 5.28. The van der Waals surface area contributed by atoms with Gasteiger partial charge in [0.25, 0.3) is 0 Å². The van der Waals surface area contributed by atoms with Crippen molar-refractivity contribution >= 4 is 27.5 Å². The van der Waals surface area contributed by atoms with E-state index in [1.807, 2.05) is 0 Å². The molecule has 0 unspecified atom stereocenters. The number of carbonyl (C=O) groups is 1. The lowest BCUT2D eigenvalue weighted by atomic mass is 9.98. The number of amides is 1. The molecule has 6 nitrogen and oxygen atoms in total. The van der Waals surface area contributed by atoms with Crippen molar-refractivity contribution in [3.8, 4) is 0 Å². The standard InChI is InChI=1S/C26H34ClN3O3S/c27-25-8-4-6-23(16-25)20-34(32,33)30-15-5-7-24(19-30)26(31)28-17-21-9-11-22(12-10-21)18-29-13-2-1-3-14-29/h4,6,8-12,16,24H,1-3,5,7,13-15,17-20H2,(H,28,31)/t24-/m0/s1. The molecule has 2 aromatic carbocycles. The summed E-state index contributed by atoms with van der Waals surface area (Å²) in [6, 6.07) is 15.3.